The zero-order valence-electron chi connectivity index (χ0n) is 15.4. The number of benzene rings is 2. The minimum atomic E-state index is -0.312. The van der Waals surface area contributed by atoms with Crippen LogP contribution in [0.1, 0.15) is 17.9 Å². The van der Waals surface area contributed by atoms with Crippen LogP contribution in [-0.2, 0) is 11.2 Å². The molecule has 0 N–H and O–H groups in total. The molecule has 0 fully saturated rings. The molecule has 0 aliphatic rings. The van der Waals surface area contributed by atoms with E-state index in [1.807, 2.05) is 18.2 Å². The van der Waals surface area contributed by atoms with Crippen LogP contribution in [0.3, 0.4) is 0 Å². The van der Waals surface area contributed by atoms with Crippen molar-refractivity contribution in [1.29, 1.82) is 0 Å². The summed E-state index contributed by atoms with van der Waals surface area (Å²) in [5, 5.41) is 3.85. The minimum Gasteiger partial charge on any atom is -0.493 e. The van der Waals surface area contributed by atoms with Crippen molar-refractivity contribution in [3.8, 4) is 28.6 Å². The van der Waals surface area contributed by atoms with Gasteiger partial charge in [-0.1, -0.05) is 11.2 Å². The molecule has 0 amide bonds. The number of hydrogen-bond acceptors (Lipinski definition) is 7. The summed E-state index contributed by atoms with van der Waals surface area (Å²) in [5.41, 5.74) is 1.75. The van der Waals surface area contributed by atoms with E-state index in [0.717, 1.165) is 11.1 Å². The number of nitrogens with zero attached hydrogens (tertiary/aromatic N) is 2. The van der Waals surface area contributed by atoms with Crippen LogP contribution in [0.15, 0.2) is 47.0 Å². The Morgan fingerprint density at radius 2 is 1.78 bits per heavy atom. The molecule has 0 aliphatic heterocycles. The van der Waals surface area contributed by atoms with E-state index in [0.29, 0.717) is 35.4 Å². The Morgan fingerprint density at radius 3 is 2.41 bits per heavy atom. The summed E-state index contributed by atoms with van der Waals surface area (Å²) in [5.74, 6) is 2.44. The summed E-state index contributed by atoms with van der Waals surface area (Å²) in [6.45, 7) is 1.73. The van der Waals surface area contributed by atoms with E-state index in [4.69, 9.17) is 18.7 Å². The van der Waals surface area contributed by atoms with Gasteiger partial charge < -0.3 is 18.7 Å². The van der Waals surface area contributed by atoms with Gasteiger partial charge in [0.1, 0.15) is 5.75 Å². The summed E-state index contributed by atoms with van der Waals surface area (Å²) in [6, 6.07) is 12.5. The Hall–Kier alpha value is -3.35. The summed E-state index contributed by atoms with van der Waals surface area (Å²) >= 11 is 0. The van der Waals surface area contributed by atoms with Gasteiger partial charge in [-0.25, -0.2) is 0 Å². The van der Waals surface area contributed by atoms with Gasteiger partial charge in [-0.3, -0.25) is 4.79 Å². The second-order valence-corrected chi connectivity index (χ2v) is 5.82. The molecule has 3 aromatic rings. The second kappa shape index (κ2) is 8.35. The third-order valence-corrected chi connectivity index (χ3v) is 3.94. The number of carbonyl (C=O) groups is 1. The first kappa shape index (κ1) is 18.4. The number of methoxy groups -OCH3 is 2. The Balaban J connectivity index is 1.56. The van der Waals surface area contributed by atoms with Gasteiger partial charge in [0.25, 0.3) is 0 Å². The molecule has 7 nitrogen and oxygen atoms in total. The summed E-state index contributed by atoms with van der Waals surface area (Å²) in [6.07, 6.45) is 0.792. The molecular weight excluding hydrogens is 348 g/mol. The molecule has 0 radical (unpaired) electrons. The summed E-state index contributed by atoms with van der Waals surface area (Å²) in [7, 11) is 3.16. The van der Waals surface area contributed by atoms with Crippen LogP contribution >= 0.6 is 0 Å². The first-order chi connectivity index (χ1) is 13.1. The first-order valence-electron chi connectivity index (χ1n) is 8.41. The van der Waals surface area contributed by atoms with Gasteiger partial charge in [-0.15, -0.1) is 0 Å². The van der Waals surface area contributed by atoms with Crippen LogP contribution < -0.4 is 14.2 Å². The third-order valence-electron chi connectivity index (χ3n) is 3.94. The average Bonchev–Trinajstić information content (AvgIpc) is 3.13. The molecule has 3 rings (SSSR count). The first-order valence-corrected chi connectivity index (χ1v) is 8.41. The molecular formula is C20H20N2O5. The smallest absolute Gasteiger partial charge is 0.311 e. The molecule has 0 unspecified atom stereocenters. The van der Waals surface area contributed by atoms with Gasteiger partial charge in [0.15, 0.2) is 11.5 Å². The zero-order valence-corrected chi connectivity index (χ0v) is 15.4. The lowest BCUT2D eigenvalue weighted by molar-refractivity contribution is -0.134. The van der Waals surface area contributed by atoms with E-state index in [1.165, 1.54) is 0 Å². The van der Waals surface area contributed by atoms with Crippen molar-refractivity contribution in [1.82, 2.24) is 10.1 Å². The topological polar surface area (TPSA) is 83.7 Å². The van der Waals surface area contributed by atoms with Crippen LogP contribution in [-0.4, -0.2) is 30.3 Å². The second-order valence-electron chi connectivity index (χ2n) is 5.82. The lowest BCUT2D eigenvalue weighted by atomic mass is 10.1. The summed E-state index contributed by atoms with van der Waals surface area (Å²) < 4.78 is 20.8. The molecule has 27 heavy (non-hydrogen) atoms. The maximum Gasteiger partial charge on any atom is 0.311 e. The maximum atomic E-state index is 12.1. The van der Waals surface area contributed by atoms with Crippen LogP contribution in [0.5, 0.6) is 17.2 Å². The average molecular weight is 368 g/mol. The monoisotopic (exact) mass is 368 g/mol. The highest BCUT2D eigenvalue weighted by molar-refractivity contribution is 5.73. The molecule has 0 saturated heterocycles. The number of aromatic nitrogens is 2. The van der Waals surface area contributed by atoms with Gasteiger partial charge in [0.05, 0.1) is 14.2 Å². The SMILES string of the molecule is COc1ccc(CCC(=O)Oc2ccc(-c3noc(C)n3)cc2)cc1OC. The molecule has 0 saturated carbocycles. The standard InChI is InChI=1S/C20H20N2O5/c1-13-21-20(22-27-13)15-6-8-16(9-7-15)26-19(23)11-5-14-4-10-17(24-2)18(12-14)25-3/h4,6-10,12H,5,11H2,1-3H3. The third kappa shape index (κ3) is 4.63. The van der Waals surface area contributed by atoms with E-state index in [1.54, 1.807) is 45.4 Å². The number of esters is 1. The van der Waals surface area contributed by atoms with Gasteiger partial charge >= 0.3 is 5.97 Å². The van der Waals surface area contributed by atoms with Crippen molar-refractivity contribution in [3.05, 3.63) is 53.9 Å². The van der Waals surface area contributed by atoms with E-state index >= 15 is 0 Å². The predicted octanol–water partition coefficient (Wildman–Crippen LogP) is 3.60. The molecule has 7 heteroatoms. The van der Waals surface area contributed by atoms with E-state index in [9.17, 15) is 4.79 Å². The molecule has 0 aliphatic carbocycles. The lowest BCUT2D eigenvalue weighted by Gasteiger charge is -2.09. The van der Waals surface area contributed by atoms with Crippen LogP contribution in [0, 0.1) is 6.92 Å². The highest BCUT2D eigenvalue weighted by Crippen LogP contribution is 2.28. The molecule has 1 aromatic heterocycles. The number of aryl methyl sites for hydroxylation is 2. The minimum absolute atomic E-state index is 0.251. The quantitative estimate of drug-likeness (QED) is 0.465. The number of ether oxygens (including phenoxy) is 3. The molecule has 2 aromatic carbocycles. The van der Waals surface area contributed by atoms with Gasteiger partial charge in [-0.2, -0.15) is 4.98 Å². The lowest BCUT2D eigenvalue weighted by Crippen LogP contribution is -2.09. The van der Waals surface area contributed by atoms with Crippen LogP contribution in [0.2, 0.25) is 0 Å². The van der Waals surface area contributed by atoms with Crippen molar-refractivity contribution in [2.75, 3.05) is 14.2 Å². The Labute approximate surface area is 156 Å². The largest absolute Gasteiger partial charge is 0.493 e. The fourth-order valence-corrected chi connectivity index (χ4v) is 2.55. The van der Waals surface area contributed by atoms with Gasteiger partial charge in [0, 0.05) is 18.9 Å². The number of hydrogen-bond donors (Lipinski definition) is 0. The predicted molar refractivity (Wildman–Crippen MR) is 98.0 cm³/mol. The fraction of sp³-hybridized carbons (Fsp3) is 0.250. The normalized spacial score (nSPS) is 10.5. The molecule has 140 valence electrons. The molecule has 0 spiro atoms. The number of rotatable bonds is 7. The van der Waals surface area contributed by atoms with Crippen molar-refractivity contribution in [3.63, 3.8) is 0 Å². The zero-order chi connectivity index (χ0) is 19.2. The van der Waals surface area contributed by atoms with E-state index in [2.05, 4.69) is 10.1 Å². The van der Waals surface area contributed by atoms with E-state index < -0.39 is 0 Å². The van der Waals surface area contributed by atoms with Crippen molar-refractivity contribution in [2.24, 2.45) is 0 Å². The van der Waals surface area contributed by atoms with Crippen molar-refractivity contribution in [2.45, 2.75) is 19.8 Å². The van der Waals surface area contributed by atoms with Crippen molar-refractivity contribution < 1.29 is 23.5 Å². The van der Waals surface area contributed by atoms with Crippen molar-refractivity contribution >= 4 is 5.97 Å². The Bertz CT molecular complexity index is 918. The molecule has 0 bridgehead atoms. The van der Waals surface area contributed by atoms with Gasteiger partial charge in [-0.05, 0) is 48.4 Å². The summed E-state index contributed by atoms with van der Waals surface area (Å²) in [4.78, 5) is 16.3. The maximum absolute atomic E-state index is 12.1. The Morgan fingerprint density at radius 1 is 1.04 bits per heavy atom. The highest BCUT2D eigenvalue weighted by Gasteiger charge is 2.10. The molecule has 1 heterocycles. The number of carbonyl (C=O) groups excluding carboxylic acids is 1. The fourth-order valence-electron chi connectivity index (χ4n) is 2.55. The van der Waals surface area contributed by atoms with Crippen LogP contribution in [0.4, 0.5) is 0 Å². The van der Waals surface area contributed by atoms with Gasteiger partial charge in [0.2, 0.25) is 11.7 Å². The van der Waals surface area contributed by atoms with Crippen LogP contribution in [0.25, 0.3) is 11.4 Å². The highest BCUT2D eigenvalue weighted by atomic mass is 16.5. The molecule has 0 atom stereocenters. The van der Waals surface area contributed by atoms with E-state index in [-0.39, 0.29) is 12.4 Å². The Kier molecular flexibility index (Phi) is 5.71.